The predicted octanol–water partition coefficient (Wildman–Crippen LogP) is 3.76. The monoisotopic (exact) mass is 353 g/mol. The average molecular weight is 354 g/mol. The normalized spacial score (nSPS) is 14.2. The summed E-state index contributed by atoms with van der Waals surface area (Å²) in [5.41, 5.74) is 4.05. The van der Waals surface area contributed by atoms with E-state index in [2.05, 4.69) is 15.9 Å². The third kappa shape index (κ3) is 3.73. The standard InChI is InChI=1S/C13H15BrF3NO2/c1-12(2,13(15,16)17)8-3-7(4-9(14)5-8)10(18)6-11(19)20/h3-5,10H,6,18H2,1-2H3,(H,19,20)/t10-/m0/s1. The van der Waals surface area contributed by atoms with E-state index in [1.165, 1.54) is 18.2 Å². The summed E-state index contributed by atoms with van der Waals surface area (Å²) >= 11 is 3.14. The van der Waals surface area contributed by atoms with E-state index in [4.69, 9.17) is 10.8 Å². The molecular formula is C13H15BrF3NO2. The van der Waals surface area contributed by atoms with Gasteiger partial charge in [0, 0.05) is 10.5 Å². The Balaban J connectivity index is 3.25. The molecule has 1 aromatic rings. The van der Waals surface area contributed by atoms with Crippen LogP contribution in [0.3, 0.4) is 0 Å². The fourth-order valence-electron chi connectivity index (χ4n) is 1.66. The average Bonchev–Trinajstić information content (AvgIpc) is 2.25. The van der Waals surface area contributed by atoms with Gasteiger partial charge < -0.3 is 10.8 Å². The molecule has 0 bridgehead atoms. The van der Waals surface area contributed by atoms with Crippen LogP contribution in [0.25, 0.3) is 0 Å². The number of carboxylic acid groups (broad SMARTS) is 1. The highest BCUT2D eigenvalue weighted by molar-refractivity contribution is 9.10. The van der Waals surface area contributed by atoms with Gasteiger partial charge in [0.1, 0.15) is 0 Å². The fraction of sp³-hybridized carbons (Fsp3) is 0.462. The van der Waals surface area contributed by atoms with Crippen molar-refractivity contribution in [1.29, 1.82) is 0 Å². The quantitative estimate of drug-likeness (QED) is 0.865. The molecule has 0 aromatic heterocycles. The van der Waals surface area contributed by atoms with Gasteiger partial charge >= 0.3 is 12.1 Å². The SMILES string of the molecule is CC(C)(c1cc(Br)cc([C@@H](N)CC(=O)O)c1)C(F)(F)F. The third-order valence-electron chi connectivity index (χ3n) is 3.17. The molecule has 1 aromatic carbocycles. The molecule has 0 fully saturated rings. The van der Waals surface area contributed by atoms with Gasteiger partial charge in [0.05, 0.1) is 11.8 Å². The highest BCUT2D eigenvalue weighted by atomic mass is 79.9. The zero-order chi connectivity index (χ0) is 15.7. The Morgan fingerprint density at radius 3 is 2.35 bits per heavy atom. The smallest absolute Gasteiger partial charge is 0.397 e. The molecule has 1 atom stereocenters. The lowest BCUT2D eigenvalue weighted by atomic mass is 9.82. The fourth-order valence-corrected chi connectivity index (χ4v) is 2.17. The van der Waals surface area contributed by atoms with Gasteiger partial charge in [-0.3, -0.25) is 4.79 Å². The molecule has 0 amide bonds. The number of alkyl halides is 3. The van der Waals surface area contributed by atoms with Gasteiger partial charge in [-0.15, -0.1) is 0 Å². The molecule has 3 nitrogen and oxygen atoms in total. The number of rotatable bonds is 4. The van der Waals surface area contributed by atoms with Gasteiger partial charge in [-0.25, -0.2) is 0 Å². The van der Waals surface area contributed by atoms with Gasteiger partial charge in [0.25, 0.3) is 0 Å². The van der Waals surface area contributed by atoms with Crippen LogP contribution in [-0.4, -0.2) is 17.3 Å². The molecule has 20 heavy (non-hydrogen) atoms. The number of benzene rings is 1. The molecular weight excluding hydrogens is 339 g/mol. The first kappa shape index (κ1) is 17.0. The Morgan fingerprint density at radius 1 is 1.35 bits per heavy atom. The van der Waals surface area contributed by atoms with Gasteiger partial charge in [-0.2, -0.15) is 13.2 Å². The lowest BCUT2D eigenvalue weighted by molar-refractivity contribution is -0.180. The van der Waals surface area contributed by atoms with Gasteiger partial charge in [-0.05, 0) is 37.1 Å². The van der Waals surface area contributed by atoms with E-state index in [9.17, 15) is 18.0 Å². The summed E-state index contributed by atoms with van der Waals surface area (Å²) in [6.07, 6.45) is -4.76. The van der Waals surface area contributed by atoms with Crippen molar-refractivity contribution in [3.8, 4) is 0 Å². The summed E-state index contributed by atoms with van der Waals surface area (Å²) in [6, 6.07) is 3.35. The number of nitrogens with two attached hydrogens (primary N) is 1. The van der Waals surface area contributed by atoms with Crippen LogP contribution in [0.5, 0.6) is 0 Å². The number of hydrogen-bond donors (Lipinski definition) is 2. The van der Waals surface area contributed by atoms with E-state index in [0.717, 1.165) is 13.8 Å². The Labute approximate surface area is 123 Å². The number of carbonyl (C=O) groups is 1. The van der Waals surface area contributed by atoms with Crippen molar-refractivity contribution in [2.24, 2.45) is 5.73 Å². The molecule has 0 heterocycles. The number of aliphatic carboxylic acids is 1. The summed E-state index contributed by atoms with van der Waals surface area (Å²) < 4.78 is 39.6. The van der Waals surface area contributed by atoms with Crippen LogP contribution in [-0.2, 0) is 10.2 Å². The largest absolute Gasteiger partial charge is 0.481 e. The first-order valence-electron chi connectivity index (χ1n) is 5.80. The highest BCUT2D eigenvalue weighted by Crippen LogP contribution is 2.41. The Morgan fingerprint density at radius 2 is 1.90 bits per heavy atom. The second kappa shape index (κ2) is 5.73. The summed E-state index contributed by atoms with van der Waals surface area (Å²) in [6.45, 7) is 2.14. The molecule has 0 aliphatic heterocycles. The van der Waals surface area contributed by atoms with Crippen molar-refractivity contribution < 1.29 is 23.1 Å². The van der Waals surface area contributed by atoms with E-state index in [1.807, 2.05) is 0 Å². The molecule has 7 heteroatoms. The Kier molecular flexibility index (Phi) is 4.86. The van der Waals surface area contributed by atoms with E-state index in [0.29, 0.717) is 10.0 Å². The van der Waals surface area contributed by atoms with Crippen LogP contribution >= 0.6 is 15.9 Å². The van der Waals surface area contributed by atoms with Crippen LogP contribution < -0.4 is 5.73 Å². The second-order valence-corrected chi connectivity index (χ2v) is 6.02. The molecule has 0 radical (unpaired) electrons. The maximum absolute atomic E-state index is 13.1. The van der Waals surface area contributed by atoms with Crippen molar-refractivity contribution in [1.82, 2.24) is 0 Å². The molecule has 0 spiro atoms. The maximum atomic E-state index is 13.1. The summed E-state index contributed by atoms with van der Waals surface area (Å²) in [7, 11) is 0. The molecule has 0 unspecified atom stereocenters. The number of carboxylic acids is 1. The van der Waals surface area contributed by atoms with Crippen LogP contribution in [0.4, 0.5) is 13.2 Å². The Hall–Kier alpha value is -1.08. The summed E-state index contributed by atoms with van der Waals surface area (Å²) in [5, 5.41) is 8.70. The topological polar surface area (TPSA) is 63.3 Å². The molecule has 0 saturated carbocycles. The van der Waals surface area contributed by atoms with Gasteiger partial charge in [0.2, 0.25) is 0 Å². The maximum Gasteiger partial charge on any atom is 0.397 e. The molecule has 3 N–H and O–H groups in total. The van der Waals surface area contributed by atoms with Gasteiger partial charge in [0.15, 0.2) is 0 Å². The van der Waals surface area contributed by atoms with Crippen molar-refractivity contribution in [2.75, 3.05) is 0 Å². The van der Waals surface area contributed by atoms with E-state index < -0.39 is 23.6 Å². The minimum absolute atomic E-state index is 0.0372. The first-order chi connectivity index (χ1) is 8.95. The highest BCUT2D eigenvalue weighted by Gasteiger charge is 2.48. The van der Waals surface area contributed by atoms with Crippen molar-refractivity contribution >= 4 is 21.9 Å². The van der Waals surface area contributed by atoms with Crippen LogP contribution in [0.1, 0.15) is 37.4 Å². The summed E-state index contributed by atoms with van der Waals surface area (Å²) in [4.78, 5) is 10.6. The third-order valence-corrected chi connectivity index (χ3v) is 3.63. The molecule has 112 valence electrons. The minimum atomic E-state index is -4.41. The van der Waals surface area contributed by atoms with Crippen LogP contribution in [0, 0.1) is 0 Å². The van der Waals surface area contributed by atoms with E-state index in [1.54, 1.807) is 0 Å². The zero-order valence-corrected chi connectivity index (χ0v) is 12.5. The van der Waals surface area contributed by atoms with Crippen LogP contribution in [0.2, 0.25) is 0 Å². The minimum Gasteiger partial charge on any atom is -0.481 e. The van der Waals surface area contributed by atoms with Crippen molar-refractivity contribution in [2.45, 2.75) is 37.9 Å². The second-order valence-electron chi connectivity index (χ2n) is 5.10. The Bertz CT molecular complexity index is 515. The first-order valence-corrected chi connectivity index (χ1v) is 6.59. The van der Waals surface area contributed by atoms with Crippen molar-refractivity contribution in [3.63, 3.8) is 0 Å². The molecule has 0 aliphatic carbocycles. The lowest BCUT2D eigenvalue weighted by Gasteiger charge is -2.29. The molecule has 0 aliphatic rings. The summed E-state index contributed by atoms with van der Waals surface area (Å²) in [5.74, 6) is -1.10. The lowest BCUT2D eigenvalue weighted by Crippen LogP contribution is -2.36. The molecule has 1 rings (SSSR count). The molecule has 0 saturated heterocycles. The van der Waals surface area contributed by atoms with Crippen molar-refractivity contribution in [3.05, 3.63) is 33.8 Å². The zero-order valence-electron chi connectivity index (χ0n) is 11.0. The van der Waals surface area contributed by atoms with E-state index >= 15 is 0 Å². The van der Waals surface area contributed by atoms with Crippen LogP contribution in [0.15, 0.2) is 22.7 Å². The van der Waals surface area contributed by atoms with Gasteiger partial charge in [-0.1, -0.05) is 22.0 Å². The number of halogens is 4. The predicted molar refractivity (Wildman–Crippen MR) is 72.4 cm³/mol. The van der Waals surface area contributed by atoms with E-state index in [-0.39, 0.29) is 12.0 Å². The number of hydrogen-bond acceptors (Lipinski definition) is 2.